The number of nitrogens with two attached hydrogens (primary N) is 2. The maximum Gasteiger partial charge on any atom is 0.317 e. The lowest BCUT2D eigenvalue weighted by Crippen LogP contribution is -2.22. The summed E-state index contributed by atoms with van der Waals surface area (Å²) in [5, 5.41) is 2.32. The van der Waals surface area contributed by atoms with E-state index in [1.165, 1.54) is 6.07 Å². The Hall–Kier alpha value is -3.29. The second kappa shape index (κ2) is 5.48. The van der Waals surface area contributed by atoms with Gasteiger partial charge in [0.05, 0.1) is 5.56 Å². The summed E-state index contributed by atoms with van der Waals surface area (Å²) >= 11 is 0. The van der Waals surface area contributed by atoms with Gasteiger partial charge in [-0.05, 0) is 29.8 Å². The number of benzene rings is 1. The molecule has 0 saturated heterocycles. The molecule has 1 aliphatic rings. The summed E-state index contributed by atoms with van der Waals surface area (Å²) in [6.45, 7) is 0.0767. The number of nitrogens with one attached hydrogen (secondary N) is 2. The summed E-state index contributed by atoms with van der Waals surface area (Å²) in [6.07, 6.45) is 0.291. The molecule has 0 saturated carbocycles. The summed E-state index contributed by atoms with van der Waals surface area (Å²) < 4.78 is 5.34. The molecular weight excluding hydrogens is 300 g/mol. The molecule has 0 aliphatic carbocycles. The molecule has 3 amide bonds. The second-order valence-corrected chi connectivity index (χ2v) is 5.15. The summed E-state index contributed by atoms with van der Waals surface area (Å²) in [5.41, 5.74) is 12.5. The summed E-state index contributed by atoms with van der Waals surface area (Å²) in [6, 6.07) is 6.02. The fourth-order valence-electron chi connectivity index (χ4n) is 2.47. The molecule has 1 aliphatic heterocycles. The third-order valence-electron chi connectivity index (χ3n) is 3.48. The highest BCUT2D eigenvalue weighted by Crippen LogP contribution is 2.31. The number of primary amides is 2. The average molecular weight is 314 g/mol. The Labute approximate surface area is 130 Å². The molecule has 1 aromatic carbocycles. The first-order chi connectivity index (χ1) is 10.9. The van der Waals surface area contributed by atoms with Crippen molar-refractivity contribution in [3.63, 3.8) is 0 Å². The predicted molar refractivity (Wildman–Crippen MR) is 82.2 cm³/mol. The summed E-state index contributed by atoms with van der Waals surface area (Å²) in [7, 11) is 0. The maximum absolute atomic E-state index is 11.5. The Morgan fingerprint density at radius 3 is 2.70 bits per heavy atom. The quantitative estimate of drug-likeness (QED) is 0.664. The SMILES string of the molecule is NC(=O)Nc1[nH]c(-c2ccc3c(c2)CC(=O)CO3)cc1C(N)=O. The van der Waals surface area contributed by atoms with Gasteiger partial charge in [0.15, 0.2) is 5.78 Å². The number of anilines is 1. The van der Waals surface area contributed by atoms with E-state index in [1.54, 1.807) is 18.2 Å². The first-order valence-electron chi connectivity index (χ1n) is 6.81. The molecule has 8 heteroatoms. The molecular formula is C15H14N4O4. The van der Waals surface area contributed by atoms with E-state index in [2.05, 4.69) is 10.3 Å². The molecule has 0 spiro atoms. The minimum absolute atomic E-state index is 0.00459. The molecule has 1 aromatic heterocycles. The zero-order chi connectivity index (χ0) is 16.6. The number of carbonyl (C=O) groups excluding carboxylic acids is 3. The van der Waals surface area contributed by atoms with Crippen LogP contribution >= 0.6 is 0 Å². The minimum atomic E-state index is -0.815. The third-order valence-corrected chi connectivity index (χ3v) is 3.48. The van der Waals surface area contributed by atoms with Crippen molar-refractivity contribution in [1.29, 1.82) is 0 Å². The number of ketones is 1. The van der Waals surface area contributed by atoms with E-state index in [0.29, 0.717) is 17.9 Å². The number of hydrogen-bond acceptors (Lipinski definition) is 4. The van der Waals surface area contributed by atoms with Gasteiger partial charge in [0.2, 0.25) is 0 Å². The monoisotopic (exact) mass is 314 g/mol. The van der Waals surface area contributed by atoms with Gasteiger partial charge in [-0.1, -0.05) is 0 Å². The van der Waals surface area contributed by atoms with Crippen LogP contribution in [0.5, 0.6) is 5.75 Å². The Morgan fingerprint density at radius 1 is 1.22 bits per heavy atom. The van der Waals surface area contributed by atoms with Crippen LogP contribution in [0.1, 0.15) is 15.9 Å². The van der Waals surface area contributed by atoms with Crippen molar-refractivity contribution in [2.24, 2.45) is 11.5 Å². The number of rotatable bonds is 3. The molecule has 0 atom stereocenters. The van der Waals surface area contributed by atoms with E-state index in [0.717, 1.165) is 11.1 Å². The van der Waals surface area contributed by atoms with Gasteiger partial charge in [-0.25, -0.2) is 4.79 Å². The highest BCUT2D eigenvalue weighted by molar-refractivity contribution is 6.03. The summed E-state index contributed by atoms with van der Waals surface area (Å²) in [4.78, 5) is 36.8. The zero-order valence-electron chi connectivity index (χ0n) is 12.0. The van der Waals surface area contributed by atoms with Crippen LogP contribution in [0, 0.1) is 0 Å². The van der Waals surface area contributed by atoms with Crippen molar-refractivity contribution in [2.75, 3.05) is 11.9 Å². The van der Waals surface area contributed by atoms with Crippen LogP contribution in [-0.4, -0.2) is 29.3 Å². The Morgan fingerprint density at radius 2 is 2.00 bits per heavy atom. The van der Waals surface area contributed by atoms with Crippen LogP contribution in [0.3, 0.4) is 0 Å². The zero-order valence-corrected chi connectivity index (χ0v) is 12.0. The topological polar surface area (TPSA) is 140 Å². The molecule has 0 unspecified atom stereocenters. The highest BCUT2D eigenvalue weighted by Gasteiger charge is 2.19. The molecule has 0 bridgehead atoms. The normalized spacial score (nSPS) is 13.1. The summed E-state index contributed by atoms with van der Waals surface area (Å²) in [5.74, 6) is 0.0818. The Balaban J connectivity index is 2.01. The first-order valence-corrected chi connectivity index (χ1v) is 6.81. The first kappa shape index (κ1) is 14.6. The van der Waals surface area contributed by atoms with E-state index in [-0.39, 0.29) is 23.8 Å². The number of aromatic amines is 1. The lowest BCUT2D eigenvalue weighted by atomic mass is 10.0. The molecule has 8 nitrogen and oxygen atoms in total. The van der Waals surface area contributed by atoms with E-state index < -0.39 is 11.9 Å². The van der Waals surface area contributed by atoms with Crippen LogP contribution < -0.4 is 21.5 Å². The maximum atomic E-state index is 11.5. The number of aromatic nitrogens is 1. The standard InChI is InChI=1S/C15H14N4O4/c16-13(21)10-5-11(18-14(10)19-15(17)22)7-1-2-12-8(3-7)4-9(20)6-23-12/h1-3,5,18H,4,6H2,(H2,16,21)(H3,17,19,22). The Bertz CT molecular complexity index is 825. The average Bonchev–Trinajstić information content (AvgIpc) is 2.89. The number of urea groups is 1. The van der Waals surface area contributed by atoms with E-state index in [1.807, 2.05) is 0 Å². The van der Waals surface area contributed by atoms with Crippen molar-refractivity contribution in [1.82, 2.24) is 4.98 Å². The Kier molecular flexibility index (Phi) is 3.49. The molecule has 3 rings (SSSR count). The predicted octanol–water partition coefficient (Wildman–Crippen LogP) is 0.775. The van der Waals surface area contributed by atoms with Gasteiger partial charge in [0.1, 0.15) is 18.2 Å². The van der Waals surface area contributed by atoms with Gasteiger partial charge in [-0.3, -0.25) is 14.9 Å². The largest absolute Gasteiger partial charge is 0.486 e. The molecule has 2 aromatic rings. The molecule has 0 fully saturated rings. The molecule has 118 valence electrons. The number of amides is 3. The van der Waals surface area contributed by atoms with Crippen LogP contribution in [0.15, 0.2) is 24.3 Å². The number of carbonyl (C=O) groups is 3. The second-order valence-electron chi connectivity index (χ2n) is 5.15. The van der Waals surface area contributed by atoms with Crippen LogP contribution in [-0.2, 0) is 11.2 Å². The van der Waals surface area contributed by atoms with Crippen molar-refractivity contribution < 1.29 is 19.1 Å². The molecule has 6 N–H and O–H groups in total. The van der Waals surface area contributed by atoms with Crippen LogP contribution in [0.4, 0.5) is 10.6 Å². The fourth-order valence-corrected chi connectivity index (χ4v) is 2.47. The van der Waals surface area contributed by atoms with E-state index in [9.17, 15) is 14.4 Å². The van der Waals surface area contributed by atoms with Crippen molar-refractivity contribution in [3.05, 3.63) is 35.4 Å². The van der Waals surface area contributed by atoms with Gasteiger partial charge in [0.25, 0.3) is 5.91 Å². The van der Waals surface area contributed by atoms with Crippen LogP contribution in [0.2, 0.25) is 0 Å². The van der Waals surface area contributed by atoms with Gasteiger partial charge in [0, 0.05) is 17.7 Å². The van der Waals surface area contributed by atoms with Crippen molar-refractivity contribution in [2.45, 2.75) is 6.42 Å². The van der Waals surface area contributed by atoms with Gasteiger partial charge in [-0.15, -0.1) is 0 Å². The third kappa shape index (κ3) is 2.86. The minimum Gasteiger partial charge on any atom is -0.486 e. The van der Waals surface area contributed by atoms with Gasteiger partial charge >= 0.3 is 6.03 Å². The number of Topliss-reactive ketones (excluding diaryl/α,β-unsaturated/α-hetero) is 1. The fraction of sp³-hybridized carbons (Fsp3) is 0.133. The molecule has 2 heterocycles. The lowest BCUT2D eigenvalue weighted by Gasteiger charge is -2.16. The van der Waals surface area contributed by atoms with Crippen molar-refractivity contribution in [3.8, 4) is 17.0 Å². The number of hydrogen-bond donors (Lipinski definition) is 4. The van der Waals surface area contributed by atoms with E-state index in [4.69, 9.17) is 16.2 Å². The molecule has 0 radical (unpaired) electrons. The number of H-pyrrole nitrogens is 1. The highest BCUT2D eigenvalue weighted by atomic mass is 16.5. The van der Waals surface area contributed by atoms with Crippen molar-refractivity contribution >= 4 is 23.5 Å². The number of ether oxygens (including phenoxy) is 1. The van der Waals surface area contributed by atoms with Gasteiger partial charge in [-0.2, -0.15) is 0 Å². The van der Waals surface area contributed by atoms with Gasteiger partial charge < -0.3 is 21.2 Å². The molecule has 23 heavy (non-hydrogen) atoms. The van der Waals surface area contributed by atoms with E-state index >= 15 is 0 Å². The smallest absolute Gasteiger partial charge is 0.317 e. The lowest BCUT2D eigenvalue weighted by molar-refractivity contribution is -0.121. The van der Waals surface area contributed by atoms with Crippen LogP contribution in [0.25, 0.3) is 11.3 Å². The number of fused-ring (bicyclic) bond motifs is 1.